The Morgan fingerprint density at radius 1 is 1.12 bits per heavy atom. The van der Waals surface area contributed by atoms with Gasteiger partial charge >= 0.3 is 5.97 Å². The van der Waals surface area contributed by atoms with E-state index in [1.54, 1.807) is 12.1 Å². The highest BCUT2D eigenvalue weighted by Gasteiger charge is 2.43. The molecular weight excluding hydrogens is 320 g/mol. The van der Waals surface area contributed by atoms with Gasteiger partial charge in [-0.3, -0.25) is 9.59 Å². The molecule has 6 nitrogen and oxygen atoms in total. The van der Waals surface area contributed by atoms with Crippen LogP contribution in [0.1, 0.15) is 41.6 Å². The van der Waals surface area contributed by atoms with E-state index < -0.39 is 18.1 Å². The summed E-state index contributed by atoms with van der Waals surface area (Å²) in [7, 11) is 0. The second kappa shape index (κ2) is 7.09. The summed E-state index contributed by atoms with van der Waals surface area (Å²) in [5.41, 5.74) is 1.53. The minimum Gasteiger partial charge on any atom is -0.480 e. The molecule has 132 valence electrons. The van der Waals surface area contributed by atoms with Crippen molar-refractivity contribution in [1.29, 1.82) is 0 Å². The number of rotatable bonds is 3. The first kappa shape index (κ1) is 17.2. The predicted molar refractivity (Wildman–Crippen MR) is 92.1 cm³/mol. The fourth-order valence-corrected chi connectivity index (χ4v) is 3.52. The lowest BCUT2D eigenvalue weighted by molar-refractivity contribution is -0.150. The zero-order valence-electron chi connectivity index (χ0n) is 14.1. The fourth-order valence-electron chi connectivity index (χ4n) is 3.52. The van der Waals surface area contributed by atoms with E-state index in [1.165, 1.54) is 4.90 Å². The molecule has 2 heterocycles. The normalized spacial score (nSPS) is 25.9. The third-order valence-corrected chi connectivity index (χ3v) is 4.91. The van der Waals surface area contributed by atoms with Crippen LogP contribution in [0.15, 0.2) is 36.4 Å². The van der Waals surface area contributed by atoms with Crippen LogP contribution in [0.3, 0.4) is 0 Å². The molecule has 0 aromatic heterocycles. The molecule has 1 aromatic rings. The summed E-state index contributed by atoms with van der Waals surface area (Å²) in [6, 6.07) is 5.45. The Kier molecular flexibility index (Phi) is 4.88. The van der Waals surface area contributed by atoms with Gasteiger partial charge in [0, 0.05) is 11.6 Å². The van der Waals surface area contributed by atoms with E-state index in [0.29, 0.717) is 31.2 Å². The van der Waals surface area contributed by atoms with Crippen LogP contribution < -0.4 is 5.32 Å². The van der Waals surface area contributed by atoms with Crippen molar-refractivity contribution in [3.05, 3.63) is 47.5 Å². The number of carboxylic acids is 1. The van der Waals surface area contributed by atoms with Crippen molar-refractivity contribution in [3.63, 3.8) is 0 Å². The summed E-state index contributed by atoms with van der Waals surface area (Å²) in [6.45, 7) is 1.93. The zero-order chi connectivity index (χ0) is 18.0. The number of hydrogen-bond acceptors (Lipinski definition) is 3. The van der Waals surface area contributed by atoms with E-state index in [-0.39, 0.29) is 17.9 Å². The summed E-state index contributed by atoms with van der Waals surface area (Å²) < 4.78 is 0. The molecule has 0 aliphatic carbocycles. The minimum absolute atomic E-state index is 0.107. The maximum atomic E-state index is 12.9. The molecule has 3 rings (SSSR count). The van der Waals surface area contributed by atoms with Gasteiger partial charge in [-0.25, -0.2) is 4.79 Å². The molecule has 1 fully saturated rings. The van der Waals surface area contributed by atoms with Gasteiger partial charge in [-0.15, -0.1) is 0 Å². The molecule has 25 heavy (non-hydrogen) atoms. The molecule has 2 amide bonds. The molecule has 6 heteroatoms. The van der Waals surface area contributed by atoms with E-state index >= 15 is 0 Å². The molecule has 0 radical (unpaired) electrons. The summed E-state index contributed by atoms with van der Waals surface area (Å²) in [5, 5.41) is 12.2. The Labute approximate surface area is 146 Å². The number of aliphatic carboxylic acids is 1. The number of carboxylic acid groups (broad SMARTS) is 1. The van der Waals surface area contributed by atoms with Crippen molar-refractivity contribution in [2.24, 2.45) is 0 Å². The Balaban J connectivity index is 1.80. The van der Waals surface area contributed by atoms with Gasteiger partial charge in [-0.1, -0.05) is 29.8 Å². The molecule has 2 aliphatic rings. The molecule has 2 N–H and O–H groups in total. The Morgan fingerprint density at radius 3 is 2.48 bits per heavy atom. The van der Waals surface area contributed by atoms with Crippen LogP contribution in [-0.2, 0) is 9.59 Å². The van der Waals surface area contributed by atoms with Crippen LogP contribution in [0, 0.1) is 6.92 Å². The van der Waals surface area contributed by atoms with Gasteiger partial charge in [-0.2, -0.15) is 0 Å². The van der Waals surface area contributed by atoms with Gasteiger partial charge in [0.15, 0.2) is 0 Å². The second-order valence-corrected chi connectivity index (χ2v) is 6.67. The Morgan fingerprint density at radius 2 is 1.80 bits per heavy atom. The smallest absolute Gasteiger partial charge is 0.326 e. The minimum atomic E-state index is -0.982. The number of carbonyl (C=O) groups excluding carboxylic acids is 2. The van der Waals surface area contributed by atoms with Crippen molar-refractivity contribution < 1.29 is 19.5 Å². The SMILES string of the molecule is Cc1ccc(C(=O)N[C@H]2CC=CC[C@@H]3CC[C@@H](C(=O)O)N3C2=O)cc1. The number of carbonyl (C=O) groups is 3. The van der Waals surface area contributed by atoms with Crippen molar-refractivity contribution in [2.75, 3.05) is 0 Å². The summed E-state index contributed by atoms with van der Waals surface area (Å²) in [6.07, 6.45) is 6.02. The van der Waals surface area contributed by atoms with E-state index in [2.05, 4.69) is 5.32 Å². The number of hydrogen-bond donors (Lipinski definition) is 2. The number of nitrogens with zero attached hydrogens (tertiary/aromatic N) is 1. The second-order valence-electron chi connectivity index (χ2n) is 6.67. The number of nitrogens with one attached hydrogen (secondary N) is 1. The highest BCUT2D eigenvalue weighted by molar-refractivity contribution is 5.98. The third kappa shape index (κ3) is 3.57. The molecular formula is C19H22N2O4. The van der Waals surface area contributed by atoms with Crippen LogP contribution in [0.2, 0.25) is 0 Å². The average Bonchev–Trinajstić information content (AvgIpc) is 2.99. The quantitative estimate of drug-likeness (QED) is 0.821. The summed E-state index contributed by atoms with van der Waals surface area (Å²) in [5.74, 6) is -1.61. The molecule has 3 atom stereocenters. The Bertz CT molecular complexity index is 711. The number of benzene rings is 1. The fraction of sp³-hybridized carbons (Fsp3) is 0.421. The summed E-state index contributed by atoms with van der Waals surface area (Å²) >= 11 is 0. The van der Waals surface area contributed by atoms with Crippen LogP contribution >= 0.6 is 0 Å². The standard InChI is InChI=1S/C19H22N2O4/c1-12-6-8-13(9-7-12)17(22)20-15-5-3-2-4-14-10-11-16(19(24)25)21(14)18(15)23/h2-3,6-9,14-16H,4-5,10-11H2,1H3,(H,20,22)(H,24,25)/t14-,15+,16+/m1/s1. The van der Waals surface area contributed by atoms with Crippen LogP contribution in [-0.4, -0.2) is 45.9 Å². The number of aryl methyl sites for hydroxylation is 1. The van der Waals surface area contributed by atoms with Gasteiger partial charge in [0.1, 0.15) is 12.1 Å². The number of fused-ring (bicyclic) bond motifs is 1. The van der Waals surface area contributed by atoms with Crippen molar-refractivity contribution in [3.8, 4) is 0 Å². The molecule has 0 spiro atoms. The highest BCUT2D eigenvalue weighted by atomic mass is 16.4. The summed E-state index contributed by atoms with van der Waals surface area (Å²) in [4.78, 5) is 38.3. The van der Waals surface area contributed by atoms with E-state index in [9.17, 15) is 19.5 Å². The van der Waals surface area contributed by atoms with Crippen LogP contribution in [0.5, 0.6) is 0 Å². The van der Waals surface area contributed by atoms with Gasteiger partial charge in [-0.05, 0) is 44.7 Å². The first-order chi connectivity index (χ1) is 12.0. The van der Waals surface area contributed by atoms with E-state index in [0.717, 1.165) is 5.56 Å². The monoisotopic (exact) mass is 342 g/mol. The molecule has 0 saturated carbocycles. The molecule has 1 saturated heterocycles. The number of amides is 2. The van der Waals surface area contributed by atoms with Crippen LogP contribution in [0.4, 0.5) is 0 Å². The predicted octanol–water partition coefficient (Wildman–Crippen LogP) is 1.89. The van der Waals surface area contributed by atoms with Crippen molar-refractivity contribution in [1.82, 2.24) is 10.2 Å². The van der Waals surface area contributed by atoms with E-state index in [1.807, 2.05) is 31.2 Å². The van der Waals surface area contributed by atoms with Gasteiger partial charge in [0.05, 0.1) is 0 Å². The molecule has 1 aromatic carbocycles. The highest BCUT2D eigenvalue weighted by Crippen LogP contribution is 2.29. The van der Waals surface area contributed by atoms with Gasteiger partial charge in [0.2, 0.25) is 5.91 Å². The van der Waals surface area contributed by atoms with Crippen molar-refractivity contribution in [2.45, 2.75) is 50.7 Å². The zero-order valence-corrected chi connectivity index (χ0v) is 14.1. The Hall–Kier alpha value is -2.63. The first-order valence-corrected chi connectivity index (χ1v) is 8.55. The topological polar surface area (TPSA) is 86.7 Å². The van der Waals surface area contributed by atoms with Crippen molar-refractivity contribution >= 4 is 17.8 Å². The largest absolute Gasteiger partial charge is 0.480 e. The van der Waals surface area contributed by atoms with Gasteiger partial charge in [0.25, 0.3) is 5.91 Å². The third-order valence-electron chi connectivity index (χ3n) is 4.91. The maximum Gasteiger partial charge on any atom is 0.326 e. The van der Waals surface area contributed by atoms with Crippen LogP contribution in [0.25, 0.3) is 0 Å². The first-order valence-electron chi connectivity index (χ1n) is 8.55. The molecule has 2 aliphatic heterocycles. The van der Waals surface area contributed by atoms with Gasteiger partial charge < -0.3 is 15.3 Å². The molecule has 0 unspecified atom stereocenters. The lowest BCUT2D eigenvalue weighted by atomic mass is 10.0. The molecule has 0 bridgehead atoms. The lowest BCUT2D eigenvalue weighted by Crippen LogP contribution is -2.54. The maximum absolute atomic E-state index is 12.9. The lowest BCUT2D eigenvalue weighted by Gasteiger charge is -2.32. The van der Waals surface area contributed by atoms with E-state index in [4.69, 9.17) is 0 Å². The average molecular weight is 342 g/mol.